The maximum Gasteiger partial charge on any atom is 0.273 e. The zero-order chi connectivity index (χ0) is 34.0. The van der Waals surface area contributed by atoms with Crippen LogP contribution in [0.5, 0.6) is 0 Å². The number of benzene rings is 1. The van der Waals surface area contributed by atoms with E-state index in [1.54, 1.807) is 24.7 Å². The number of hydrogen-bond acceptors (Lipinski definition) is 9. The number of para-hydroxylation sites is 1. The van der Waals surface area contributed by atoms with Crippen molar-refractivity contribution in [2.24, 2.45) is 5.92 Å². The first kappa shape index (κ1) is 33.8. The van der Waals surface area contributed by atoms with Crippen LogP contribution in [0.2, 0.25) is 0 Å². The van der Waals surface area contributed by atoms with E-state index in [-0.39, 0.29) is 48.4 Å². The molecule has 2 N–H and O–H groups in total. The van der Waals surface area contributed by atoms with Gasteiger partial charge in [-0.25, -0.2) is 4.98 Å². The van der Waals surface area contributed by atoms with Gasteiger partial charge < -0.3 is 25.2 Å². The average Bonchev–Trinajstić information content (AvgIpc) is 3.73. The Morgan fingerprint density at radius 1 is 1.04 bits per heavy atom. The molecule has 5 aromatic rings. The van der Waals surface area contributed by atoms with Gasteiger partial charge in [0, 0.05) is 87.6 Å². The molecule has 1 saturated heterocycles. The minimum Gasteiger partial charge on any atom is -0.364 e. The van der Waals surface area contributed by atoms with Crippen LogP contribution in [0.3, 0.4) is 0 Å². The van der Waals surface area contributed by atoms with Gasteiger partial charge in [-0.3, -0.25) is 19.3 Å². The zero-order valence-corrected chi connectivity index (χ0v) is 30.2. The fourth-order valence-corrected chi connectivity index (χ4v) is 7.01. The number of aromatic nitrogens is 6. The van der Waals surface area contributed by atoms with Gasteiger partial charge >= 0.3 is 0 Å². The Morgan fingerprint density at radius 3 is 2.56 bits per heavy atom. The quantitative estimate of drug-likeness (QED) is 0.220. The van der Waals surface area contributed by atoms with Crippen LogP contribution < -0.4 is 21.1 Å². The summed E-state index contributed by atoms with van der Waals surface area (Å²) in [6, 6.07) is 15.9. The van der Waals surface area contributed by atoms with Crippen molar-refractivity contribution in [3.8, 4) is 11.1 Å². The molecule has 1 aliphatic carbocycles. The largest absolute Gasteiger partial charge is 0.364 e. The van der Waals surface area contributed by atoms with Crippen LogP contribution >= 0.6 is 0 Å². The Hall–Kier alpha value is -4.65. The van der Waals surface area contributed by atoms with Crippen LogP contribution in [0.15, 0.2) is 54.7 Å². The summed E-state index contributed by atoms with van der Waals surface area (Å²) >= 11 is 0. The van der Waals surface area contributed by atoms with Crippen LogP contribution in [-0.4, -0.2) is 92.5 Å². The fraction of sp³-hybridized carbons (Fsp3) is 0.371. The number of aryl methyl sites for hydroxylation is 1. The van der Waals surface area contributed by atoms with Crippen LogP contribution in [0.1, 0.15) is 60.1 Å². The molecule has 2 radical (unpaired) electrons. The molecule has 4 aromatic heterocycles. The molecule has 254 valence electrons. The number of pyridine rings is 1. The van der Waals surface area contributed by atoms with Crippen molar-refractivity contribution in [2.45, 2.75) is 45.2 Å². The predicted molar refractivity (Wildman–Crippen MR) is 190 cm³/mol. The molecule has 0 bridgehead atoms. The first-order chi connectivity index (χ1) is 23.7. The molecule has 2 aliphatic heterocycles. The monoisotopic (exact) mass is 707 g/mol. The third kappa shape index (κ3) is 6.05. The van der Waals surface area contributed by atoms with E-state index in [1.165, 1.54) is 10.6 Å². The normalized spacial score (nSPS) is 17.0. The molecule has 2 fully saturated rings. The molecule has 1 saturated carbocycles. The molecule has 50 heavy (non-hydrogen) atoms. The standard InChI is InChI=1S/C35H39BN11O2.V/c1-6-27-33-24(17-37-46(33)22-18-45(19-22)36-28-12-8-11-26(38-28)35(49)43(3)4)23-9-7-10-25(32(23)44(27)5)39-31-16-29(41-34(48)21-13-14-21)40-30-15-20(2)42-47(30)31;/h7-12,15-17,21-22,27,39H,6,13-14,18-19H2,1-5H3,(H,40,41,48);. The van der Waals surface area contributed by atoms with Gasteiger partial charge in [0.25, 0.3) is 13.3 Å². The van der Waals surface area contributed by atoms with E-state index < -0.39 is 0 Å². The van der Waals surface area contributed by atoms with Crippen molar-refractivity contribution in [3.63, 3.8) is 0 Å². The van der Waals surface area contributed by atoms with Gasteiger partial charge in [-0.2, -0.15) is 14.7 Å². The number of amides is 2. The molecule has 1 atom stereocenters. The molecular formula is C35H39BN11O2V. The summed E-state index contributed by atoms with van der Waals surface area (Å²) in [5, 5.41) is 16.3. The second kappa shape index (κ2) is 13.2. The van der Waals surface area contributed by atoms with Crippen molar-refractivity contribution >= 4 is 53.5 Å². The number of hydrogen-bond donors (Lipinski definition) is 2. The summed E-state index contributed by atoms with van der Waals surface area (Å²) in [5.41, 5.74) is 8.19. The maximum absolute atomic E-state index is 12.6. The number of fused-ring (bicyclic) bond motifs is 4. The summed E-state index contributed by atoms with van der Waals surface area (Å²) in [6.07, 6.45) is 4.76. The van der Waals surface area contributed by atoms with Gasteiger partial charge in [0.2, 0.25) is 5.91 Å². The van der Waals surface area contributed by atoms with E-state index in [0.717, 1.165) is 72.0 Å². The smallest absolute Gasteiger partial charge is 0.273 e. The third-order valence-corrected chi connectivity index (χ3v) is 9.64. The molecule has 1 unspecified atom stereocenters. The predicted octanol–water partition coefficient (Wildman–Crippen LogP) is 3.79. The summed E-state index contributed by atoms with van der Waals surface area (Å²) in [6.45, 7) is 5.76. The Morgan fingerprint density at radius 2 is 1.82 bits per heavy atom. The third-order valence-electron chi connectivity index (χ3n) is 9.64. The molecule has 6 heterocycles. The zero-order valence-electron chi connectivity index (χ0n) is 28.8. The number of nitrogens with one attached hydrogen (secondary N) is 2. The van der Waals surface area contributed by atoms with E-state index in [2.05, 4.69) is 72.3 Å². The number of anilines is 4. The summed E-state index contributed by atoms with van der Waals surface area (Å²) in [5.74, 6) is 1.21. The Kier molecular flexibility index (Phi) is 8.96. The fourth-order valence-electron chi connectivity index (χ4n) is 7.01. The average molecular weight is 708 g/mol. The Balaban J connectivity index is 0.00000392. The van der Waals surface area contributed by atoms with Crippen molar-refractivity contribution in [1.29, 1.82) is 0 Å². The second-order valence-corrected chi connectivity index (χ2v) is 13.5. The summed E-state index contributed by atoms with van der Waals surface area (Å²) in [7, 11) is 7.63. The van der Waals surface area contributed by atoms with Crippen molar-refractivity contribution in [3.05, 3.63) is 71.8 Å². The van der Waals surface area contributed by atoms with Crippen molar-refractivity contribution in [1.82, 2.24) is 39.1 Å². The molecule has 1 aromatic carbocycles. The Labute approximate surface area is 303 Å². The van der Waals surface area contributed by atoms with Crippen LogP contribution in [0, 0.1) is 12.8 Å². The van der Waals surface area contributed by atoms with E-state index in [9.17, 15) is 9.59 Å². The van der Waals surface area contributed by atoms with E-state index in [1.807, 2.05) is 44.8 Å². The molecule has 2 amide bonds. The number of rotatable bonds is 9. The topological polar surface area (TPSA) is 129 Å². The summed E-state index contributed by atoms with van der Waals surface area (Å²) in [4.78, 5) is 40.4. The first-order valence-electron chi connectivity index (χ1n) is 16.8. The van der Waals surface area contributed by atoms with Gasteiger partial charge in [-0.1, -0.05) is 25.1 Å². The molecule has 3 aliphatic rings. The van der Waals surface area contributed by atoms with Crippen molar-refractivity contribution < 1.29 is 28.1 Å². The first-order valence-corrected chi connectivity index (χ1v) is 16.8. The number of carbonyl (C=O) groups is 2. The molecule has 0 spiro atoms. The number of carbonyl (C=O) groups excluding carboxylic acids is 2. The number of nitrogens with zero attached hydrogens (tertiary/aromatic N) is 9. The van der Waals surface area contributed by atoms with Gasteiger partial charge in [-0.05, 0) is 44.4 Å². The van der Waals surface area contributed by atoms with Crippen molar-refractivity contribution in [2.75, 3.05) is 49.8 Å². The minimum absolute atomic E-state index is 0. The van der Waals surface area contributed by atoms with Gasteiger partial charge in [-0.15, -0.1) is 0 Å². The van der Waals surface area contributed by atoms with Crippen LogP contribution in [0.4, 0.5) is 23.0 Å². The Bertz CT molecular complexity index is 2100. The second-order valence-electron chi connectivity index (χ2n) is 13.5. The van der Waals surface area contributed by atoms with Crippen LogP contribution in [0.25, 0.3) is 16.8 Å². The van der Waals surface area contributed by atoms with E-state index >= 15 is 0 Å². The molecule has 8 rings (SSSR count). The van der Waals surface area contributed by atoms with E-state index in [0.29, 0.717) is 17.2 Å². The molecule has 15 heteroatoms. The molecule has 13 nitrogen and oxygen atoms in total. The van der Waals surface area contributed by atoms with Gasteiger partial charge in [0.05, 0.1) is 41.0 Å². The SMILES string of the molecule is CCC1c2c(cnn2C2CN([B]c3cccc(C(=O)N(C)C)n3)C2)-c2cccc(Nc3cc(NC(=O)C4CC4)nc4cc(C)nn34)c2N1C.[V]. The maximum atomic E-state index is 12.6. The van der Waals surface area contributed by atoms with Crippen LogP contribution in [-0.2, 0) is 23.4 Å². The van der Waals surface area contributed by atoms with Gasteiger partial charge in [0.15, 0.2) is 5.65 Å². The summed E-state index contributed by atoms with van der Waals surface area (Å²) < 4.78 is 4.00. The van der Waals surface area contributed by atoms with Gasteiger partial charge in [0.1, 0.15) is 17.3 Å². The van der Waals surface area contributed by atoms with E-state index in [4.69, 9.17) is 5.10 Å². The minimum atomic E-state index is -0.110. The molecular weight excluding hydrogens is 668 g/mol.